The number of nitrogens with one attached hydrogen (secondary N) is 1. The molecule has 37 heavy (non-hydrogen) atoms. The maximum atomic E-state index is 11.4. The number of sulfonamides is 1. The van der Waals surface area contributed by atoms with E-state index in [4.69, 9.17) is 15.1 Å². The van der Waals surface area contributed by atoms with Crippen molar-refractivity contribution in [1.82, 2.24) is 15.2 Å². The molecule has 2 heterocycles. The summed E-state index contributed by atoms with van der Waals surface area (Å²) in [6.45, 7) is 5.93. The Bertz CT molecular complexity index is 1240. The minimum Gasteiger partial charge on any atom is -0.480 e. The number of aliphatic carboxylic acids is 1. The third-order valence-corrected chi connectivity index (χ3v) is 7.38. The van der Waals surface area contributed by atoms with Crippen molar-refractivity contribution in [1.29, 1.82) is 0 Å². The summed E-state index contributed by atoms with van der Waals surface area (Å²) in [6.07, 6.45) is 2.44. The number of rotatable bonds is 10. The second kappa shape index (κ2) is 11.8. The van der Waals surface area contributed by atoms with Crippen LogP contribution < -0.4 is 10.6 Å². The first kappa shape index (κ1) is 26.7. The summed E-state index contributed by atoms with van der Waals surface area (Å²) in [7, 11) is -3.71. The number of benzene rings is 2. The van der Waals surface area contributed by atoms with Gasteiger partial charge in [0, 0.05) is 39.1 Å². The number of primary sulfonamides is 1. The Balaban J connectivity index is 1.22. The minimum atomic E-state index is -3.71. The van der Waals surface area contributed by atoms with Crippen molar-refractivity contribution >= 4 is 27.9 Å². The second-order valence-electron chi connectivity index (χ2n) is 9.29. The number of nitrogens with two attached hydrogens (primary N) is 1. The first-order valence-corrected chi connectivity index (χ1v) is 13.6. The topological polar surface area (TPSA) is 150 Å². The van der Waals surface area contributed by atoms with Crippen molar-refractivity contribution in [2.24, 2.45) is 15.4 Å². The van der Waals surface area contributed by atoms with Gasteiger partial charge in [0.1, 0.15) is 6.10 Å². The van der Waals surface area contributed by atoms with E-state index in [-0.39, 0.29) is 23.6 Å². The van der Waals surface area contributed by atoms with Crippen LogP contribution in [-0.2, 0) is 19.7 Å². The molecule has 1 fully saturated rings. The Morgan fingerprint density at radius 3 is 2.43 bits per heavy atom. The van der Waals surface area contributed by atoms with Crippen LogP contribution in [0, 0.1) is 0 Å². The molecule has 0 amide bonds. The standard InChI is InChI=1S/C25H32N6O5S/c1-18(20-6-8-23(9-7-20)37(26,34)35)28-27-15-19-2-4-21(5-3-19)24-14-22(36-29-24)16-30-10-12-31(13-11-30)17-25(32)33/h2-9,15,18,22,28H,10-14,16-17H2,1H3,(H,32,33)(H2,26,34,35)/b27-15+. The summed E-state index contributed by atoms with van der Waals surface area (Å²) < 4.78 is 22.8. The van der Waals surface area contributed by atoms with E-state index < -0.39 is 16.0 Å². The Morgan fingerprint density at radius 2 is 1.81 bits per heavy atom. The third-order valence-electron chi connectivity index (χ3n) is 6.45. The van der Waals surface area contributed by atoms with Gasteiger partial charge in [-0.1, -0.05) is 41.6 Å². The quantitative estimate of drug-likeness (QED) is 0.308. The number of hydrogen-bond acceptors (Lipinski definition) is 9. The van der Waals surface area contributed by atoms with Crippen LogP contribution in [0.5, 0.6) is 0 Å². The van der Waals surface area contributed by atoms with Gasteiger partial charge in [0.05, 0.1) is 29.4 Å². The van der Waals surface area contributed by atoms with E-state index in [2.05, 4.69) is 20.6 Å². The van der Waals surface area contributed by atoms with E-state index in [9.17, 15) is 13.2 Å². The highest BCUT2D eigenvalue weighted by molar-refractivity contribution is 7.89. The van der Waals surface area contributed by atoms with E-state index in [0.29, 0.717) is 0 Å². The number of hydrazone groups is 1. The molecule has 198 valence electrons. The fourth-order valence-corrected chi connectivity index (χ4v) is 4.83. The molecule has 0 saturated carbocycles. The zero-order chi connectivity index (χ0) is 26.4. The Kier molecular flexibility index (Phi) is 8.54. The lowest BCUT2D eigenvalue weighted by atomic mass is 10.0. The number of nitrogens with zero attached hydrogens (tertiary/aromatic N) is 4. The Morgan fingerprint density at radius 1 is 1.16 bits per heavy atom. The molecule has 2 unspecified atom stereocenters. The number of oxime groups is 1. The zero-order valence-electron chi connectivity index (χ0n) is 20.7. The molecule has 2 atom stereocenters. The third kappa shape index (κ3) is 7.59. The molecule has 0 radical (unpaired) electrons. The summed E-state index contributed by atoms with van der Waals surface area (Å²) in [4.78, 5) is 20.9. The molecule has 4 N–H and O–H groups in total. The molecule has 4 rings (SSSR count). The van der Waals surface area contributed by atoms with Crippen LogP contribution >= 0.6 is 0 Å². The predicted octanol–water partition coefficient (Wildman–Crippen LogP) is 1.21. The van der Waals surface area contributed by atoms with Crippen molar-refractivity contribution in [2.75, 3.05) is 39.3 Å². The molecular weight excluding hydrogens is 496 g/mol. The average Bonchev–Trinajstić information content (AvgIpc) is 3.33. The van der Waals surface area contributed by atoms with Crippen LogP contribution in [0.1, 0.15) is 36.1 Å². The van der Waals surface area contributed by atoms with E-state index in [0.717, 1.165) is 61.5 Å². The number of hydrogen-bond donors (Lipinski definition) is 3. The fraction of sp³-hybridized carbons (Fsp3) is 0.400. The normalized spacial score (nSPS) is 19.9. The molecule has 11 nitrogen and oxygen atoms in total. The van der Waals surface area contributed by atoms with Crippen LogP contribution in [0.25, 0.3) is 0 Å². The highest BCUT2D eigenvalue weighted by atomic mass is 32.2. The number of carbonyl (C=O) groups is 1. The minimum absolute atomic E-state index is 0.00743. The van der Waals surface area contributed by atoms with Gasteiger partial charge < -0.3 is 15.4 Å². The molecule has 2 aromatic rings. The van der Waals surface area contributed by atoms with Crippen molar-refractivity contribution in [3.63, 3.8) is 0 Å². The summed E-state index contributed by atoms with van der Waals surface area (Å²) in [6, 6.07) is 14.2. The van der Waals surface area contributed by atoms with Gasteiger partial charge in [-0.05, 0) is 35.7 Å². The second-order valence-corrected chi connectivity index (χ2v) is 10.8. The highest BCUT2D eigenvalue weighted by Crippen LogP contribution is 2.19. The number of piperazine rings is 1. The summed E-state index contributed by atoms with van der Waals surface area (Å²) in [5.41, 5.74) is 6.76. The molecule has 1 saturated heterocycles. The van der Waals surface area contributed by atoms with Crippen molar-refractivity contribution in [2.45, 2.75) is 30.4 Å². The molecule has 0 spiro atoms. The van der Waals surface area contributed by atoms with E-state index in [1.54, 1.807) is 18.3 Å². The van der Waals surface area contributed by atoms with Gasteiger partial charge in [-0.25, -0.2) is 13.6 Å². The van der Waals surface area contributed by atoms with Gasteiger partial charge in [-0.15, -0.1) is 0 Å². The summed E-state index contributed by atoms with van der Waals surface area (Å²) >= 11 is 0. The largest absolute Gasteiger partial charge is 0.480 e. The monoisotopic (exact) mass is 528 g/mol. The molecule has 12 heteroatoms. The fourth-order valence-electron chi connectivity index (χ4n) is 4.31. The maximum Gasteiger partial charge on any atom is 0.317 e. The summed E-state index contributed by atoms with van der Waals surface area (Å²) in [5.74, 6) is -0.788. The molecule has 2 aromatic carbocycles. The molecule has 0 bridgehead atoms. The van der Waals surface area contributed by atoms with E-state index in [1.165, 1.54) is 12.1 Å². The van der Waals surface area contributed by atoms with Crippen LogP contribution in [0.15, 0.2) is 63.7 Å². The first-order chi connectivity index (χ1) is 17.7. The van der Waals surface area contributed by atoms with Crippen LogP contribution in [-0.4, -0.2) is 86.6 Å². The Hall–Kier alpha value is -3.32. The molecule has 0 aliphatic carbocycles. The van der Waals surface area contributed by atoms with Crippen LogP contribution in [0.2, 0.25) is 0 Å². The molecular formula is C25H32N6O5S. The van der Waals surface area contributed by atoms with Gasteiger partial charge >= 0.3 is 5.97 Å². The molecule has 0 aromatic heterocycles. The average molecular weight is 529 g/mol. The lowest BCUT2D eigenvalue weighted by Gasteiger charge is -2.34. The van der Waals surface area contributed by atoms with Gasteiger partial charge in [-0.3, -0.25) is 14.6 Å². The Labute approximate surface area is 216 Å². The van der Waals surface area contributed by atoms with Crippen molar-refractivity contribution in [3.8, 4) is 0 Å². The number of carboxylic acids is 1. The van der Waals surface area contributed by atoms with E-state index >= 15 is 0 Å². The smallest absolute Gasteiger partial charge is 0.317 e. The van der Waals surface area contributed by atoms with Gasteiger partial charge in [0.15, 0.2) is 0 Å². The van der Waals surface area contributed by atoms with Crippen LogP contribution in [0.4, 0.5) is 0 Å². The predicted molar refractivity (Wildman–Crippen MR) is 140 cm³/mol. The number of carboxylic acid groups (broad SMARTS) is 1. The van der Waals surface area contributed by atoms with Crippen LogP contribution in [0.3, 0.4) is 0 Å². The van der Waals surface area contributed by atoms with Crippen molar-refractivity contribution in [3.05, 3.63) is 65.2 Å². The summed E-state index contributed by atoms with van der Waals surface area (Å²) in [5, 5.41) is 22.7. The lowest BCUT2D eigenvalue weighted by Crippen LogP contribution is -2.49. The first-order valence-electron chi connectivity index (χ1n) is 12.1. The maximum absolute atomic E-state index is 11.4. The van der Waals surface area contributed by atoms with Gasteiger partial charge in [0.25, 0.3) is 0 Å². The molecule has 2 aliphatic heterocycles. The molecule has 2 aliphatic rings. The zero-order valence-corrected chi connectivity index (χ0v) is 21.5. The highest BCUT2D eigenvalue weighted by Gasteiger charge is 2.27. The van der Waals surface area contributed by atoms with Crippen molar-refractivity contribution < 1.29 is 23.2 Å². The SMILES string of the molecule is CC(N/N=C/c1ccc(C2=NOC(CN3CCN(CC(=O)O)CC3)C2)cc1)c1ccc(S(N)(=O)=O)cc1. The van der Waals surface area contributed by atoms with Gasteiger partial charge in [0.2, 0.25) is 10.0 Å². The van der Waals surface area contributed by atoms with Gasteiger partial charge in [-0.2, -0.15) is 5.10 Å². The van der Waals surface area contributed by atoms with E-state index in [1.807, 2.05) is 36.1 Å². The lowest BCUT2D eigenvalue weighted by molar-refractivity contribution is -0.138.